The van der Waals surface area contributed by atoms with Crippen molar-refractivity contribution in [2.45, 2.75) is 49.3 Å². The molecular formula is C24H33N2O5PS. The minimum Gasteiger partial charge on any atom is -0.504 e. The first-order chi connectivity index (χ1) is 15.7. The summed E-state index contributed by atoms with van der Waals surface area (Å²) in [7, 11) is -0.580. The van der Waals surface area contributed by atoms with Crippen molar-refractivity contribution in [1.29, 1.82) is 0 Å². The molecule has 1 aromatic carbocycles. The Balaban J connectivity index is 1.58. The third-order valence-corrected chi connectivity index (χ3v) is 8.76. The molecule has 9 heteroatoms. The Bertz CT molecular complexity index is 1060. The fourth-order valence-corrected chi connectivity index (χ4v) is 7.40. The largest absolute Gasteiger partial charge is 0.504 e. The average Bonchev–Trinajstić information content (AvgIpc) is 3.10. The summed E-state index contributed by atoms with van der Waals surface area (Å²) in [5.74, 6) is 1.49. The molecule has 0 saturated carbocycles. The molecule has 1 unspecified atom stereocenters. The minimum atomic E-state index is -2.75. The molecule has 4 aliphatic rings. The van der Waals surface area contributed by atoms with Gasteiger partial charge in [0.15, 0.2) is 18.9 Å². The van der Waals surface area contributed by atoms with Gasteiger partial charge in [-0.2, -0.15) is 12.6 Å². The number of phenols is 1. The highest BCUT2D eigenvalue weighted by molar-refractivity contribution is 7.80. The molecule has 1 saturated heterocycles. The molecule has 1 spiro atoms. The maximum Gasteiger partial charge on any atom is 0.220 e. The Morgan fingerprint density at radius 3 is 2.94 bits per heavy atom. The van der Waals surface area contributed by atoms with Gasteiger partial charge in [-0.3, -0.25) is 9.36 Å². The van der Waals surface area contributed by atoms with Gasteiger partial charge in [0.1, 0.15) is 12.2 Å². The quantitative estimate of drug-likeness (QED) is 0.308. The van der Waals surface area contributed by atoms with Crippen LogP contribution >= 0.6 is 20.0 Å². The van der Waals surface area contributed by atoms with Crippen LogP contribution in [0.3, 0.4) is 0 Å². The van der Waals surface area contributed by atoms with Gasteiger partial charge >= 0.3 is 0 Å². The minimum absolute atomic E-state index is 0.00904. The second-order valence-electron chi connectivity index (χ2n) is 10.1. The number of carbonyl (C=O) groups excluding carboxylic acids is 1. The molecule has 33 heavy (non-hydrogen) atoms. The van der Waals surface area contributed by atoms with Crippen molar-refractivity contribution in [1.82, 2.24) is 10.2 Å². The lowest BCUT2D eigenvalue weighted by molar-refractivity contribution is -0.120. The van der Waals surface area contributed by atoms with Crippen molar-refractivity contribution in [3.8, 4) is 11.5 Å². The summed E-state index contributed by atoms with van der Waals surface area (Å²) in [6.07, 6.45) is 6.14. The van der Waals surface area contributed by atoms with Crippen LogP contribution in [0.5, 0.6) is 11.5 Å². The van der Waals surface area contributed by atoms with Gasteiger partial charge in [0, 0.05) is 55.0 Å². The van der Waals surface area contributed by atoms with Gasteiger partial charge in [-0.15, -0.1) is 0 Å². The highest BCUT2D eigenvalue weighted by atomic mass is 32.1. The summed E-state index contributed by atoms with van der Waals surface area (Å²) in [5, 5.41) is 13.9. The second kappa shape index (κ2) is 8.33. The first-order valence-electron chi connectivity index (χ1n) is 11.7. The number of rotatable bonds is 7. The van der Waals surface area contributed by atoms with E-state index in [0.717, 1.165) is 30.5 Å². The Labute approximate surface area is 200 Å². The van der Waals surface area contributed by atoms with Gasteiger partial charge in [-0.05, 0) is 50.0 Å². The number of thiol groups is 1. The molecule has 5 rings (SSSR count). The first-order valence-corrected chi connectivity index (χ1v) is 14.8. The molecule has 2 aliphatic carbocycles. The van der Waals surface area contributed by atoms with Crippen molar-refractivity contribution >= 4 is 25.9 Å². The van der Waals surface area contributed by atoms with E-state index in [2.05, 4.69) is 36.0 Å². The van der Waals surface area contributed by atoms with Gasteiger partial charge in [0.05, 0.1) is 0 Å². The summed E-state index contributed by atoms with van der Waals surface area (Å²) in [4.78, 5) is 14.7. The van der Waals surface area contributed by atoms with Gasteiger partial charge in [-0.25, -0.2) is 0 Å². The monoisotopic (exact) mass is 492 g/mol. The Morgan fingerprint density at radius 1 is 1.42 bits per heavy atom. The Hall–Kier alpha value is -1.47. The first kappa shape index (κ1) is 23.3. The maximum absolute atomic E-state index is 12.6. The molecule has 0 radical (unpaired) electrons. The van der Waals surface area contributed by atoms with Crippen LogP contribution in [-0.4, -0.2) is 73.4 Å². The number of aromatic hydroxyl groups is 1. The van der Waals surface area contributed by atoms with Crippen molar-refractivity contribution in [2.75, 3.05) is 39.2 Å². The number of nitrogens with zero attached hydrogens (tertiary/aromatic N) is 1. The van der Waals surface area contributed by atoms with E-state index in [1.165, 1.54) is 5.56 Å². The zero-order valence-electron chi connectivity index (χ0n) is 19.4. The smallest absolute Gasteiger partial charge is 0.220 e. The van der Waals surface area contributed by atoms with Crippen molar-refractivity contribution in [3.05, 3.63) is 34.9 Å². The zero-order chi connectivity index (χ0) is 23.5. The summed E-state index contributed by atoms with van der Waals surface area (Å²) in [5.41, 5.74) is 2.98. The number of hydrogen-bond donors (Lipinski definition) is 3. The van der Waals surface area contributed by atoms with Crippen LogP contribution < -0.4 is 10.1 Å². The van der Waals surface area contributed by atoms with Crippen molar-refractivity contribution in [3.63, 3.8) is 0 Å². The van der Waals surface area contributed by atoms with Crippen LogP contribution in [0.15, 0.2) is 18.2 Å². The van der Waals surface area contributed by atoms with Crippen LogP contribution in [0.1, 0.15) is 29.5 Å². The highest BCUT2D eigenvalue weighted by Crippen LogP contribution is 2.64. The van der Waals surface area contributed by atoms with Gasteiger partial charge in [0.2, 0.25) is 5.91 Å². The summed E-state index contributed by atoms with van der Waals surface area (Å²) >= 11 is 4.15. The summed E-state index contributed by atoms with van der Waals surface area (Å²) < 4.78 is 25.1. The van der Waals surface area contributed by atoms with Crippen LogP contribution in [0.4, 0.5) is 0 Å². The molecule has 2 N–H and O–H groups in total. The third-order valence-electron chi connectivity index (χ3n) is 7.78. The van der Waals surface area contributed by atoms with E-state index in [1.54, 1.807) is 19.4 Å². The summed E-state index contributed by atoms with van der Waals surface area (Å²) in [6.45, 7) is 4.73. The number of benzene rings is 1. The van der Waals surface area contributed by atoms with Crippen LogP contribution in [0, 0.1) is 5.92 Å². The van der Waals surface area contributed by atoms with E-state index >= 15 is 0 Å². The molecule has 2 heterocycles. The molecule has 1 aromatic rings. The van der Waals surface area contributed by atoms with Gasteiger partial charge < -0.3 is 24.6 Å². The average molecular weight is 493 g/mol. The van der Waals surface area contributed by atoms with Crippen LogP contribution in [0.2, 0.25) is 0 Å². The van der Waals surface area contributed by atoms with Crippen LogP contribution in [-0.2, 0) is 32.1 Å². The number of likely N-dealkylation sites (N-methyl/N-ethyl adjacent to an activating group) is 1. The van der Waals surface area contributed by atoms with E-state index in [9.17, 15) is 14.5 Å². The molecule has 5 atom stereocenters. The molecule has 1 amide bonds. The van der Waals surface area contributed by atoms with E-state index in [0.29, 0.717) is 36.9 Å². The number of phenolic OH excluding ortho intramolecular Hbond substituents is 1. The molecule has 7 nitrogen and oxygen atoms in total. The molecular weight excluding hydrogens is 459 g/mol. The second-order valence-corrected chi connectivity index (χ2v) is 13.3. The van der Waals surface area contributed by atoms with E-state index in [4.69, 9.17) is 9.26 Å². The molecule has 2 aliphatic heterocycles. The number of amides is 1. The number of hydrogen-bond acceptors (Lipinski definition) is 7. The predicted molar refractivity (Wildman–Crippen MR) is 131 cm³/mol. The van der Waals surface area contributed by atoms with Crippen LogP contribution in [0.25, 0.3) is 0 Å². The maximum atomic E-state index is 12.6. The lowest BCUT2D eigenvalue weighted by atomic mass is 9.53. The SMILES string of the molecule is CN1CC[C@]23c4c5c(CCC(=O)NCCS)cc(O)c4O[C@H]2[C@@H](OP(C)(C)=O)C=CC3[C@H]1C5. The summed E-state index contributed by atoms with van der Waals surface area (Å²) in [6, 6.07) is 2.08. The fraction of sp³-hybridized carbons (Fsp3) is 0.625. The van der Waals surface area contributed by atoms with E-state index in [1.807, 2.05) is 6.08 Å². The lowest BCUT2D eigenvalue weighted by Gasteiger charge is -2.57. The van der Waals surface area contributed by atoms with Crippen molar-refractivity contribution in [2.24, 2.45) is 5.92 Å². The van der Waals surface area contributed by atoms with Gasteiger partial charge in [-0.1, -0.05) is 12.2 Å². The number of piperidine rings is 1. The molecule has 2 bridgehead atoms. The normalized spacial score (nSPS) is 31.8. The number of likely N-dealkylation sites (tertiary alicyclic amines) is 1. The van der Waals surface area contributed by atoms with Gasteiger partial charge in [0.25, 0.3) is 0 Å². The zero-order valence-corrected chi connectivity index (χ0v) is 21.2. The van der Waals surface area contributed by atoms with E-state index in [-0.39, 0.29) is 29.1 Å². The standard InChI is InChI=1S/C24H33N2O5PS/c1-26-10-8-24-16-5-6-19(31-32(2,3)29)23(24)30-22-18(27)12-14(4-7-20(28)25-9-11-33)15(21(22)24)13-17(16)26/h5-6,12,16-17,19,23,27,33H,4,7-11,13H2,1-3H3,(H,25,28)/t16?,17-,19+,23+,24+/m1/s1. The Kier molecular flexibility index (Phi) is 5.88. The topological polar surface area (TPSA) is 88.1 Å². The number of carbonyl (C=O) groups is 1. The molecule has 0 aromatic heterocycles. The number of ether oxygens (including phenoxy) is 1. The number of nitrogens with one attached hydrogen (secondary N) is 1. The Morgan fingerprint density at radius 2 is 2.21 bits per heavy atom. The highest BCUT2D eigenvalue weighted by Gasteiger charge is 2.65. The van der Waals surface area contributed by atoms with E-state index < -0.39 is 13.5 Å². The third kappa shape index (κ3) is 3.74. The number of aryl methyl sites for hydroxylation is 1. The fourth-order valence-electron chi connectivity index (χ4n) is 6.52. The molecule has 180 valence electrons. The molecule has 1 fully saturated rings. The lowest BCUT2D eigenvalue weighted by Crippen LogP contribution is -2.65. The van der Waals surface area contributed by atoms with Crippen molar-refractivity contribution < 1.29 is 23.7 Å². The predicted octanol–water partition coefficient (Wildman–Crippen LogP) is 2.74.